The number of hydrogen-bond donors (Lipinski definition) is 1. The number of ketones is 1. The second-order valence-electron chi connectivity index (χ2n) is 7.61. The number of esters is 2. The van der Waals surface area contributed by atoms with Gasteiger partial charge in [-0.1, -0.05) is 19.1 Å². The molecule has 1 aliphatic carbocycles. The van der Waals surface area contributed by atoms with Gasteiger partial charge in [0.15, 0.2) is 5.78 Å². The second-order valence-corrected chi connectivity index (χ2v) is 7.61. The summed E-state index contributed by atoms with van der Waals surface area (Å²) in [4.78, 5) is 49.5. The highest BCUT2D eigenvalue weighted by molar-refractivity contribution is 6.12. The van der Waals surface area contributed by atoms with Crippen LogP contribution < -0.4 is 5.32 Å². The maximum absolute atomic E-state index is 13.5. The van der Waals surface area contributed by atoms with E-state index in [0.717, 1.165) is 0 Å². The number of non-ortho nitro benzene ring substituents is 1. The van der Waals surface area contributed by atoms with Crippen molar-refractivity contribution < 1.29 is 28.8 Å². The zero-order chi connectivity index (χ0) is 22.9. The summed E-state index contributed by atoms with van der Waals surface area (Å²) in [6.45, 7) is 5.27. The fourth-order valence-electron chi connectivity index (χ4n) is 4.31. The highest BCUT2D eigenvalue weighted by atomic mass is 16.6. The number of rotatable bonds is 5. The third-order valence-corrected chi connectivity index (χ3v) is 5.65. The maximum Gasteiger partial charge on any atom is 0.336 e. The number of methoxy groups -OCH3 is 1. The van der Waals surface area contributed by atoms with Crippen molar-refractivity contribution in [1.29, 1.82) is 0 Å². The lowest BCUT2D eigenvalue weighted by atomic mass is 9.69. The largest absolute Gasteiger partial charge is 0.468 e. The molecule has 0 saturated carbocycles. The molecular formula is C22H24N2O7. The van der Waals surface area contributed by atoms with E-state index in [1.165, 1.54) is 25.3 Å². The monoisotopic (exact) mass is 428 g/mol. The molecule has 3 atom stereocenters. The van der Waals surface area contributed by atoms with Crippen LogP contribution in [0.2, 0.25) is 0 Å². The zero-order valence-corrected chi connectivity index (χ0v) is 17.8. The smallest absolute Gasteiger partial charge is 0.336 e. The van der Waals surface area contributed by atoms with Gasteiger partial charge in [0.25, 0.3) is 5.69 Å². The van der Waals surface area contributed by atoms with E-state index in [4.69, 9.17) is 9.47 Å². The van der Waals surface area contributed by atoms with Crippen LogP contribution in [0.15, 0.2) is 46.8 Å². The van der Waals surface area contributed by atoms with Crippen LogP contribution in [0.5, 0.6) is 0 Å². The van der Waals surface area contributed by atoms with E-state index in [9.17, 15) is 24.5 Å². The molecule has 2 aliphatic rings. The lowest BCUT2D eigenvalue weighted by Crippen LogP contribution is -2.43. The molecule has 9 heteroatoms. The molecule has 0 amide bonds. The van der Waals surface area contributed by atoms with E-state index in [2.05, 4.69) is 5.32 Å². The van der Waals surface area contributed by atoms with Gasteiger partial charge in [-0.05, 0) is 31.7 Å². The molecule has 0 bridgehead atoms. The highest BCUT2D eigenvalue weighted by Gasteiger charge is 2.47. The molecule has 1 aromatic rings. The number of allylic oxidation sites excluding steroid dienone is 3. The molecule has 1 aliphatic heterocycles. The van der Waals surface area contributed by atoms with Crippen molar-refractivity contribution >= 4 is 23.4 Å². The number of nitro groups is 1. The predicted octanol–water partition coefficient (Wildman–Crippen LogP) is 2.77. The number of nitrogens with one attached hydrogen (secondary N) is 1. The molecule has 31 heavy (non-hydrogen) atoms. The quantitative estimate of drug-likeness (QED) is 0.328. The Morgan fingerprint density at radius 3 is 2.65 bits per heavy atom. The standard InChI is InChI=1S/C22H24N2O7/c1-5-31-22(27)17-12(3)23-15-9-11(2)16(21(26)30-4)20(25)19(15)18(17)13-7-6-8-14(10-13)24(28)29/h6-8,10-11,16,18,23H,5,9H2,1-4H3/t11-,16+,18-/m0/s1. The van der Waals surface area contributed by atoms with Crippen LogP contribution in [0.4, 0.5) is 5.69 Å². The molecule has 0 radical (unpaired) electrons. The molecular weight excluding hydrogens is 404 g/mol. The van der Waals surface area contributed by atoms with Crippen molar-refractivity contribution in [2.75, 3.05) is 13.7 Å². The van der Waals surface area contributed by atoms with Gasteiger partial charge in [-0.3, -0.25) is 19.7 Å². The molecule has 0 aromatic heterocycles. The molecule has 1 heterocycles. The van der Waals surface area contributed by atoms with Crippen molar-refractivity contribution in [2.45, 2.75) is 33.1 Å². The van der Waals surface area contributed by atoms with Crippen molar-refractivity contribution in [3.63, 3.8) is 0 Å². The minimum Gasteiger partial charge on any atom is -0.468 e. The van der Waals surface area contributed by atoms with Gasteiger partial charge >= 0.3 is 11.9 Å². The van der Waals surface area contributed by atoms with E-state index >= 15 is 0 Å². The lowest BCUT2D eigenvalue weighted by Gasteiger charge is -2.38. The second kappa shape index (κ2) is 8.71. The van der Waals surface area contributed by atoms with Gasteiger partial charge in [-0.2, -0.15) is 0 Å². The normalized spacial score (nSPS) is 23.1. The summed E-state index contributed by atoms with van der Waals surface area (Å²) in [6, 6.07) is 5.80. The molecule has 164 valence electrons. The minimum atomic E-state index is -1.02. The van der Waals surface area contributed by atoms with Gasteiger partial charge < -0.3 is 14.8 Å². The number of nitrogens with zero attached hydrogens (tertiary/aromatic N) is 1. The molecule has 9 nitrogen and oxygen atoms in total. The number of ether oxygens (including phenoxy) is 2. The van der Waals surface area contributed by atoms with Gasteiger partial charge in [-0.15, -0.1) is 0 Å². The van der Waals surface area contributed by atoms with Crippen LogP contribution in [0, 0.1) is 22.0 Å². The van der Waals surface area contributed by atoms with Crippen molar-refractivity contribution in [1.82, 2.24) is 5.32 Å². The molecule has 1 aromatic carbocycles. The Morgan fingerprint density at radius 2 is 2.03 bits per heavy atom. The van der Waals surface area contributed by atoms with Crippen LogP contribution in [0.1, 0.15) is 38.7 Å². The van der Waals surface area contributed by atoms with Crippen molar-refractivity contribution in [2.24, 2.45) is 11.8 Å². The van der Waals surface area contributed by atoms with E-state index in [1.54, 1.807) is 26.8 Å². The van der Waals surface area contributed by atoms with E-state index in [-0.39, 0.29) is 29.4 Å². The fraction of sp³-hybridized carbons (Fsp3) is 0.409. The Labute approximate surface area is 179 Å². The molecule has 0 saturated heterocycles. The Bertz CT molecular complexity index is 1020. The summed E-state index contributed by atoms with van der Waals surface area (Å²) in [5.74, 6) is -3.97. The summed E-state index contributed by atoms with van der Waals surface area (Å²) >= 11 is 0. The topological polar surface area (TPSA) is 125 Å². The lowest BCUT2D eigenvalue weighted by molar-refractivity contribution is -0.384. The first-order chi connectivity index (χ1) is 14.7. The number of hydrogen-bond acceptors (Lipinski definition) is 8. The van der Waals surface area contributed by atoms with E-state index in [1.807, 2.05) is 0 Å². The van der Waals surface area contributed by atoms with Crippen LogP contribution in [0.3, 0.4) is 0 Å². The Kier molecular flexibility index (Phi) is 6.24. The Hall–Kier alpha value is -3.49. The summed E-state index contributed by atoms with van der Waals surface area (Å²) in [5, 5.41) is 14.5. The predicted molar refractivity (Wildman–Crippen MR) is 110 cm³/mol. The van der Waals surface area contributed by atoms with E-state index in [0.29, 0.717) is 23.4 Å². The average molecular weight is 428 g/mol. The first-order valence-corrected chi connectivity index (χ1v) is 9.95. The SMILES string of the molecule is CCOC(=O)C1=C(C)NC2=C(C(=O)[C@H](C(=O)OC)[C@@H](C)C2)[C@H]1c1cccc([N+](=O)[O-])c1. The first-order valence-electron chi connectivity index (χ1n) is 9.95. The summed E-state index contributed by atoms with van der Waals surface area (Å²) in [5.41, 5.74) is 1.76. The first kappa shape index (κ1) is 22.2. The number of dihydropyridines is 1. The van der Waals surface area contributed by atoms with Gasteiger partial charge in [-0.25, -0.2) is 4.79 Å². The van der Waals surface area contributed by atoms with Gasteiger partial charge in [0.1, 0.15) is 5.92 Å². The van der Waals surface area contributed by atoms with Crippen LogP contribution in [-0.4, -0.2) is 36.4 Å². The molecule has 3 rings (SSSR count). The van der Waals surface area contributed by atoms with Crippen molar-refractivity contribution in [3.05, 3.63) is 62.5 Å². The molecule has 0 spiro atoms. The highest BCUT2D eigenvalue weighted by Crippen LogP contribution is 2.45. The third kappa shape index (κ3) is 3.95. The number of Topliss-reactive ketones (excluding diaryl/α,β-unsaturated/α-hetero) is 1. The molecule has 1 N–H and O–H groups in total. The number of carbonyl (C=O) groups is 3. The maximum atomic E-state index is 13.5. The Balaban J connectivity index is 2.22. The van der Waals surface area contributed by atoms with Crippen LogP contribution in [0.25, 0.3) is 0 Å². The van der Waals surface area contributed by atoms with Gasteiger partial charge in [0.05, 0.1) is 24.2 Å². The fourth-order valence-corrected chi connectivity index (χ4v) is 4.31. The summed E-state index contributed by atoms with van der Waals surface area (Å²) in [6.07, 6.45) is 0.389. The van der Waals surface area contributed by atoms with Crippen LogP contribution >= 0.6 is 0 Å². The average Bonchev–Trinajstić information content (AvgIpc) is 2.72. The third-order valence-electron chi connectivity index (χ3n) is 5.65. The van der Waals surface area contributed by atoms with Gasteiger partial charge in [0, 0.05) is 35.0 Å². The van der Waals surface area contributed by atoms with Crippen molar-refractivity contribution in [3.8, 4) is 0 Å². The van der Waals surface area contributed by atoms with E-state index < -0.39 is 34.5 Å². The molecule has 0 unspecified atom stereocenters. The molecule has 0 fully saturated rings. The summed E-state index contributed by atoms with van der Waals surface area (Å²) in [7, 11) is 1.22. The number of nitro benzene ring substituents is 1. The summed E-state index contributed by atoms with van der Waals surface area (Å²) < 4.78 is 10.1. The number of benzene rings is 1. The van der Waals surface area contributed by atoms with Crippen LogP contribution in [-0.2, 0) is 23.9 Å². The van der Waals surface area contributed by atoms with Gasteiger partial charge in [0.2, 0.25) is 0 Å². The Morgan fingerprint density at radius 1 is 1.32 bits per heavy atom. The minimum absolute atomic E-state index is 0.124. The zero-order valence-electron chi connectivity index (χ0n) is 17.8. The number of carbonyl (C=O) groups excluding carboxylic acids is 3.